The maximum Gasteiger partial charge on any atom is 0.197 e. The average Bonchev–Trinajstić information content (AvgIpc) is 2.42. The maximum atomic E-state index is 14.9. The fourth-order valence-electron chi connectivity index (χ4n) is 11.5. The van der Waals surface area contributed by atoms with Crippen molar-refractivity contribution in [1.82, 2.24) is 18.9 Å². The van der Waals surface area contributed by atoms with Gasteiger partial charge in [0, 0.05) is 70.3 Å². The Bertz CT molecular complexity index is 4620. The van der Waals surface area contributed by atoms with Gasteiger partial charge in [-0.05, 0) is 124 Å². The van der Waals surface area contributed by atoms with Gasteiger partial charge < -0.3 is 18.4 Å². The predicted molar refractivity (Wildman–Crippen MR) is 329 cm³/mol. The summed E-state index contributed by atoms with van der Waals surface area (Å²) in [6.45, 7) is 26.1. The molecule has 7 nitrogen and oxygen atoms in total. The third-order valence-corrected chi connectivity index (χ3v) is 16.1. The fraction of sp³-hybridized carbons (Fsp3) is 0.222. The summed E-state index contributed by atoms with van der Waals surface area (Å²) in [5.74, 6) is 1.01. The van der Waals surface area contributed by atoms with Crippen molar-refractivity contribution in [3.63, 3.8) is 0 Å². The van der Waals surface area contributed by atoms with Gasteiger partial charge in [-0.3, -0.25) is 19.0 Å². The molecule has 0 aliphatic carbocycles. The summed E-state index contributed by atoms with van der Waals surface area (Å²) >= 11 is 0. The zero-order chi connectivity index (χ0) is 56.3. The topological polar surface area (TPSA) is 82.4 Å². The number of para-hydroxylation sites is 4. The normalized spacial score (nSPS) is 12.2. The molecule has 5 aromatic heterocycles. The molecule has 0 bridgehead atoms. The molecule has 0 spiro atoms. The molecular formula is C72H63FIrN4O3-2. The molecule has 13 rings (SSSR count). The van der Waals surface area contributed by atoms with Crippen LogP contribution >= 0.6 is 0 Å². The van der Waals surface area contributed by atoms with Crippen molar-refractivity contribution in [3.8, 4) is 39.5 Å². The Balaban J connectivity index is 0.000000374. The molecule has 9 heteroatoms. The Hall–Kier alpha value is -8.10. The zero-order valence-corrected chi connectivity index (χ0v) is 50.2. The molecule has 0 saturated carbocycles. The second-order valence-electron chi connectivity index (χ2n) is 24.2. The summed E-state index contributed by atoms with van der Waals surface area (Å²) in [4.78, 5) is 39.5. The van der Waals surface area contributed by atoms with Gasteiger partial charge in [0.05, 0.1) is 39.0 Å². The molecule has 13 aromatic rings. The fourth-order valence-corrected chi connectivity index (χ4v) is 11.5. The minimum Gasteiger partial charge on any atom is -0.500 e. The molecule has 0 fully saturated rings. The molecular weight excluding hydrogens is 1180 g/mol. The maximum absolute atomic E-state index is 14.9. The van der Waals surface area contributed by atoms with Crippen LogP contribution in [0.5, 0.6) is 0 Å². The first-order chi connectivity index (χ1) is 38.2. The van der Waals surface area contributed by atoms with E-state index in [4.69, 9.17) is 9.40 Å². The summed E-state index contributed by atoms with van der Waals surface area (Å²) in [6.07, 6.45) is 1.82. The number of aromatic nitrogens is 4. The second-order valence-corrected chi connectivity index (χ2v) is 24.2. The molecule has 1 radical (unpaired) electrons. The minimum atomic E-state index is -0.275. The number of nitrogens with zero attached hydrogens (tertiary/aromatic N) is 4. The van der Waals surface area contributed by atoms with Crippen LogP contribution < -0.4 is 10.9 Å². The predicted octanol–water partition coefficient (Wildman–Crippen LogP) is 18.1. The molecule has 0 N–H and O–H groups in total. The van der Waals surface area contributed by atoms with Gasteiger partial charge in [0.1, 0.15) is 5.58 Å². The Morgan fingerprint density at radius 2 is 1.20 bits per heavy atom. The average molecular weight is 1240 g/mol. The van der Waals surface area contributed by atoms with E-state index in [9.17, 15) is 14.0 Å². The molecule has 0 unspecified atom stereocenters. The van der Waals surface area contributed by atoms with Gasteiger partial charge in [0.15, 0.2) is 10.9 Å². The molecule has 0 aliphatic heterocycles. The van der Waals surface area contributed by atoms with E-state index < -0.39 is 0 Å². The van der Waals surface area contributed by atoms with Crippen LogP contribution in [0.1, 0.15) is 114 Å². The molecule has 0 saturated heterocycles. The first kappa shape index (κ1) is 54.8. The summed E-state index contributed by atoms with van der Waals surface area (Å²) in [5.41, 5.74) is 17.1. The van der Waals surface area contributed by atoms with Crippen molar-refractivity contribution in [1.29, 1.82) is 0 Å². The Morgan fingerprint density at radius 3 is 1.78 bits per heavy atom. The van der Waals surface area contributed by atoms with Gasteiger partial charge in [-0.2, -0.15) is 0 Å². The number of halogens is 1. The van der Waals surface area contributed by atoms with Crippen LogP contribution in [0.3, 0.4) is 0 Å². The van der Waals surface area contributed by atoms with E-state index in [2.05, 4.69) is 168 Å². The van der Waals surface area contributed by atoms with Crippen LogP contribution in [-0.4, -0.2) is 18.9 Å². The Kier molecular flexibility index (Phi) is 13.9. The quantitative estimate of drug-likeness (QED) is 0.0941. The van der Waals surface area contributed by atoms with Crippen LogP contribution in [0.4, 0.5) is 4.39 Å². The molecule has 407 valence electrons. The first-order valence-electron chi connectivity index (χ1n) is 27.6. The van der Waals surface area contributed by atoms with E-state index in [1.54, 1.807) is 6.07 Å². The third-order valence-electron chi connectivity index (χ3n) is 16.1. The number of aryl methyl sites for hydroxylation is 2. The third kappa shape index (κ3) is 9.34. The van der Waals surface area contributed by atoms with E-state index in [-0.39, 0.29) is 59.4 Å². The number of imidazole rings is 1. The smallest absolute Gasteiger partial charge is 0.197 e. The number of hydrogen-bond donors (Lipinski definition) is 0. The van der Waals surface area contributed by atoms with E-state index in [1.165, 1.54) is 28.8 Å². The largest absolute Gasteiger partial charge is 0.500 e. The van der Waals surface area contributed by atoms with Gasteiger partial charge in [0.25, 0.3) is 0 Å². The van der Waals surface area contributed by atoms with Crippen molar-refractivity contribution < 1.29 is 28.9 Å². The van der Waals surface area contributed by atoms with Crippen molar-refractivity contribution in [2.45, 2.75) is 106 Å². The van der Waals surface area contributed by atoms with Gasteiger partial charge in [-0.15, -0.1) is 48.0 Å². The van der Waals surface area contributed by atoms with Gasteiger partial charge in [-0.1, -0.05) is 152 Å². The number of rotatable bonds is 6. The van der Waals surface area contributed by atoms with Crippen molar-refractivity contribution in [2.24, 2.45) is 0 Å². The monoisotopic (exact) mass is 1240 g/mol. The van der Waals surface area contributed by atoms with Crippen LogP contribution in [-0.2, 0) is 30.9 Å². The van der Waals surface area contributed by atoms with Gasteiger partial charge in [0.2, 0.25) is 0 Å². The first-order valence-corrected chi connectivity index (χ1v) is 27.6. The van der Waals surface area contributed by atoms with Crippen LogP contribution in [0.2, 0.25) is 0 Å². The zero-order valence-electron chi connectivity index (χ0n) is 47.8. The molecule has 81 heavy (non-hydrogen) atoms. The van der Waals surface area contributed by atoms with Crippen LogP contribution in [0, 0.1) is 31.8 Å². The summed E-state index contributed by atoms with van der Waals surface area (Å²) in [6, 6.07) is 54.2. The van der Waals surface area contributed by atoms with Crippen molar-refractivity contribution >= 4 is 71.1 Å². The molecule has 0 amide bonds. The Morgan fingerprint density at radius 1 is 0.593 bits per heavy atom. The van der Waals surface area contributed by atoms with Crippen molar-refractivity contribution in [2.75, 3.05) is 0 Å². The Labute approximate surface area is 484 Å². The summed E-state index contributed by atoms with van der Waals surface area (Å²) < 4.78 is 24.3. The number of fused-ring (bicyclic) bond motifs is 8. The molecule has 5 heterocycles. The van der Waals surface area contributed by atoms with E-state index >= 15 is 0 Å². The molecule has 0 atom stereocenters. The van der Waals surface area contributed by atoms with Crippen LogP contribution in [0.15, 0.2) is 166 Å². The number of hydrogen-bond acceptors (Lipinski definition) is 5. The van der Waals surface area contributed by atoms with Crippen molar-refractivity contribution in [3.05, 3.63) is 224 Å². The number of benzene rings is 8. The summed E-state index contributed by atoms with van der Waals surface area (Å²) in [5, 5.41) is 4.06. The number of furan rings is 1. The number of pyridine rings is 3. The summed E-state index contributed by atoms with van der Waals surface area (Å²) in [7, 11) is 0. The SMILES string of the molecule is CC(C)c1cccc(C(C)C)c1-n1c(-c2[c-]ccc3c2oc2c(-c4cc5c(=O)c6ccc(C(C)(C)C)cc6n6c7cc(C(C)(C)C)ccc7c(=O)c(c4)c56)cccc23)nc2ccccc21.Cc1cnc(-c2[c-]cc(F)cc2)cc1C.[Ir]. The van der Waals surface area contributed by atoms with Gasteiger partial charge in [-0.25, -0.2) is 0 Å². The molecule has 8 aromatic carbocycles. The van der Waals surface area contributed by atoms with E-state index in [0.29, 0.717) is 38.2 Å². The van der Waals surface area contributed by atoms with Gasteiger partial charge >= 0.3 is 0 Å². The van der Waals surface area contributed by atoms with E-state index in [0.717, 1.165) is 89.0 Å². The molecule has 0 aliphatic rings. The van der Waals surface area contributed by atoms with E-state index in [1.807, 2.05) is 74.6 Å². The second kappa shape index (κ2) is 20.5. The standard InChI is InChI=1S/C59H52N3O3.C13H11FN.Ir/c1-32(2)37-16-13-17-38(33(3)4)51(37)62-48-23-12-11-22-47(48)60-57(62)44-21-15-20-41-40-19-14-18-39(55(40)65-56(41)44)34-28-45-52-46(29-34)54(64)43-27-25-36(59(8,9)10)31-50(43)61(52)49-30-35(58(5,6)7)24-26-42(49)53(45)63;1-9-7-13(15-8-10(9)2)11-3-5-12(14)6-4-11;/h11-20,22-33H,1-10H3;3,5-8H,1-2H3;/q2*-1;. The van der Waals surface area contributed by atoms with Crippen LogP contribution in [0.25, 0.3) is 111 Å². The minimum absolute atomic E-state index is 0.